The Kier molecular flexibility index (Phi) is 15.1. The maximum Gasteiger partial charge on any atom is 0.263 e. The predicted octanol–water partition coefficient (Wildman–Crippen LogP) is 7.56. The summed E-state index contributed by atoms with van der Waals surface area (Å²) in [4.78, 5) is 47.3. The smallest absolute Gasteiger partial charge is 0.263 e. The summed E-state index contributed by atoms with van der Waals surface area (Å²) < 4.78 is 74.4. The van der Waals surface area contributed by atoms with Gasteiger partial charge in [0.1, 0.15) is 23.9 Å². The Morgan fingerprint density at radius 2 is 1.56 bits per heavy atom. The van der Waals surface area contributed by atoms with Gasteiger partial charge in [0.2, 0.25) is 11.8 Å². The second-order valence-electron chi connectivity index (χ2n) is 18.6. The minimum Gasteiger partial charge on any atom is -0.496 e. The number of rotatable bonds is 12. The van der Waals surface area contributed by atoms with Crippen molar-refractivity contribution < 1.29 is 35.6 Å². The van der Waals surface area contributed by atoms with Gasteiger partial charge in [-0.1, -0.05) is 12.1 Å². The van der Waals surface area contributed by atoms with Crippen LogP contribution in [-0.2, 0) is 48.0 Å². The second-order valence-corrected chi connectivity index (χ2v) is 23.2. The van der Waals surface area contributed by atoms with Crippen molar-refractivity contribution in [2.24, 2.45) is 5.92 Å². The van der Waals surface area contributed by atoms with Gasteiger partial charge in [-0.15, -0.1) is 11.3 Å². The molecule has 20 heteroatoms. The van der Waals surface area contributed by atoms with Gasteiger partial charge < -0.3 is 28.9 Å². The summed E-state index contributed by atoms with van der Waals surface area (Å²) in [5.41, 5.74) is 6.52. The lowest BCUT2D eigenvalue weighted by atomic mass is 9.82. The lowest BCUT2D eigenvalue weighted by molar-refractivity contribution is -0.137. The number of nitrogens with zero attached hydrogens (tertiary/aromatic N) is 8. The van der Waals surface area contributed by atoms with Crippen LogP contribution in [0.2, 0.25) is 0 Å². The average Bonchev–Trinajstić information content (AvgIpc) is 4.04. The number of carbonyl (C=O) groups is 2. The van der Waals surface area contributed by atoms with Crippen LogP contribution in [0.25, 0.3) is 10.9 Å². The number of halogens is 1. The predicted molar refractivity (Wildman–Crippen MR) is 281 cm³/mol. The third-order valence-corrected chi connectivity index (χ3v) is 17.8. The van der Waals surface area contributed by atoms with Crippen LogP contribution < -0.4 is 19.3 Å². The number of aromatic nitrogens is 4. The van der Waals surface area contributed by atoms with Gasteiger partial charge in [-0.05, 0) is 136 Å². The molecule has 1 aliphatic carbocycles. The Bertz CT molecular complexity index is 3280. The summed E-state index contributed by atoms with van der Waals surface area (Å²) in [6, 6.07) is 27.5. The molecule has 5 heterocycles. The number of aryl methyl sites for hydroxylation is 2. The van der Waals surface area contributed by atoms with Crippen LogP contribution in [0.3, 0.4) is 0 Å². The summed E-state index contributed by atoms with van der Waals surface area (Å²) in [6.07, 6.45) is 6.92. The maximum absolute atomic E-state index is 13.7. The van der Waals surface area contributed by atoms with Gasteiger partial charge in [0.05, 0.1) is 28.3 Å². The second kappa shape index (κ2) is 21.7. The number of sulfone groups is 1. The molecule has 2 amide bonds. The molecule has 3 aliphatic rings. The molecule has 382 valence electrons. The maximum atomic E-state index is 13.7. The Labute approximate surface area is 429 Å². The zero-order valence-corrected chi connectivity index (χ0v) is 43.5. The minimum atomic E-state index is -3.71. The summed E-state index contributed by atoms with van der Waals surface area (Å²) in [6.45, 7) is 10.4. The SMILES string of the molecule is COc1cccc2c1CC(C(=O)N1CCN(c3ccc(S(=O)(=O)Cc4ccncn4)cc3)CC1)CC2.Cc1cc2cc(F)ccc2n1C(C)C(=O)N1CCN(c2ccc(S(=O)(=O)Nc3nccs3)cc2)CC1C. The fourth-order valence-electron chi connectivity index (χ4n) is 10.2. The van der Waals surface area contributed by atoms with Crippen LogP contribution in [-0.4, -0.2) is 117 Å². The van der Waals surface area contributed by atoms with E-state index in [-0.39, 0.29) is 45.1 Å². The molecule has 2 saturated heterocycles. The number of benzene rings is 4. The fraction of sp³-hybridized carbons (Fsp3) is 0.340. The highest BCUT2D eigenvalue weighted by atomic mass is 32.2. The van der Waals surface area contributed by atoms with Gasteiger partial charge in [0, 0.05) is 104 Å². The van der Waals surface area contributed by atoms with Crippen molar-refractivity contribution in [3.8, 4) is 5.75 Å². The summed E-state index contributed by atoms with van der Waals surface area (Å²) in [5.74, 6) is 0.642. The number of thiazole rings is 1. The zero-order valence-electron chi connectivity index (χ0n) is 41.1. The molecular weight excluding hydrogens is 990 g/mol. The van der Waals surface area contributed by atoms with Gasteiger partial charge in [-0.3, -0.25) is 14.3 Å². The van der Waals surface area contributed by atoms with Crippen LogP contribution in [0.5, 0.6) is 5.75 Å². The normalized spacial score (nSPS) is 17.6. The van der Waals surface area contributed by atoms with Crippen molar-refractivity contribution in [3.05, 3.63) is 149 Å². The molecular formula is C53H58FN9O7S3. The molecule has 3 atom stereocenters. The molecule has 0 bridgehead atoms. The molecule has 1 N–H and O–H groups in total. The van der Waals surface area contributed by atoms with Crippen molar-refractivity contribution in [1.82, 2.24) is 29.3 Å². The van der Waals surface area contributed by atoms with E-state index in [1.165, 1.54) is 41.6 Å². The average molecular weight is 1050 g/mol. The number of carbonyl (C=O) groups excluding carboxylic acids is 2. The zero-order chi connectivity index (χ0) is 51.4. The van der Waals surface area contributed by atoms with E-state index in [0.29, 0.717) is 56.6 Å². The molecule has 2 aliphatic heterocycles. The number of piperazine rings is 2. The van der Waals surface area contributed by atoms with Gasteiger partial charge in [0.25, 0.3) is 10.0 Å². The molecule has 0 saturated carbocycles. The highest BCUT2D eigenvalue weighted by Gasteiger charge is 2.34. The van der Waals surface area contributed by atoms with E-state index in [2.05, 4.69) is 35.5 Å². The highest BCUT2D eigenvalue weighted by Crippen LogP contribution is 2.34. The number of amides is 2. The van der Waals surface area contributed by atoms with E-state index in [1.807, 2.05) is 65.5 Å². The molecule has 2 fully saturated rings. The molecule has 4 aromatic carbocycles. The quantitative estimate of drug-likeness (QED) is 0.127. The van der Waals surface area contributed by atoms with E-state index in [1.54, 1.807) is 67.2 Å². The molecule has 16 nitrogen and oxygen atoms in total. The molecule has 0 radical (unpaired) electrons. The Hall–Kier alpha value is -6.90. The Morgan fingerprint density at radius 1 is 0.849 bits per heavy atom. The van der Waals surface area contributed by atoms with Crippen molar-refractivity contribution in [3.63, 3.8) is 0 Å². The Balaban J connectivity index is 0.000000180. The van der Waals surface area contributed by atoms with E-state index < -0.39 is 25.9 Å². The lowest BCUT2D eigenvalue weighted by Crippen LogP contribution is -2.55. The van der Waals surface area contributed by atoms with Crippen molar-refractivity contribution >= 4 is 70.4 Å². The topological polar surface area (TPSA) is 180 Å². The van der Waals surface area contributed by atoms with Gasteiger partial charge in [-0.2, -0.15) is 0 Å². The van der Waals surface area contributed by atoms with Crippen molar-refractivity contribution in [2.75, 3.05) is 67.4 Å². The monoisotopic (exact) mass is 1050 g/mol. The van der Waals surface area contributed by atoms with E-state index >= 15 is 0 Å². The molecule has 3 unspecified atom stereocenters. The highest BCUT2D eigenvalue weighted by molar-refractivity contribution is 7.93. The summed E-state index contributed by atoms with van der Waals surface area (Å²) >= 11 is 1.22. The first kappa shape index (κ1) is 51.0. The first-order valence-electron chi connectivity index (χ1n) is 24.2. The number of hydrogen-bond donors (Lipinski definition) is 1. The standard InChI is InChI=1S/C27H30N4O4S.C26H28FN5O3S2/c1-35-26-4-2-3-20-5-6-21(17-25(20)26)27(32)31-15-13-30(14-16-31)23-7-9-24(10-8-23)36(33,34)18-22-11-12-28-19-29-22;1-17-14-20-15-21(27)4-9-24(20)32(17)19(3)25(33)31-12-11-30(16-18(31)2)22-5-7-23(8-6-22)37(34,35)29-26-28-10-13-36-26/h2-4,7-12,19,21H,5-6,13-18H2,1H3;4-10,13-15,18-19H,11-12,16H2,1-3H3,(H,28,29). The fourth-order valence-corrected chi connectivity index (χ4v) is 13.2. The molecule has 10 rings (SSSR count). The molecule has 3 aromatic heterocycles. The first-order chi connectivity index (χ1) is 35.1. The number of hydrogen-bond acceptors (Lipinski definition) is 13. The number of ether oxygens (including phenoxy) is 1. The number of nitrogens with one attached hydrogen (secondary N) is 1. The summed E-state index contributed by atoms with van der Waals surface area (Å²) in [5, 5.41) is 2.81. The van der Waals surface area contributed by atoms with Crippen LogP contribution in [0.15, 0.2) is 131 Å². The molecule has 7 aromatic rings. The third kappa shape index (κ3) is 11.4. The molecule has 73 heavy (non-hydrogen) atoms. The van der Waals surface area contributed by atoms with Crippen molar-refractivity contribution in [2.45, 2.75) is 67.7 Å². The van der Waals surface area contributed by atoms with E-state index in [9.17, 15) is 30.8 Å². The number of sulfonamides is 1. The number of anilines is 3. The van der Waals surface area contributed by atoms with Crippen LogP contribution in [0, 0.1) is 18.7 Å². The largest absolute Gasteiger partial charge is 0.496 e. The number of methoxy groups -OCH3 is 1. The van der Waals surface area contributed by atoms with Crippen LogP contribution >= 0.6 is 11.3 Å². The molecule has 0 spiro atoms. The van der Waals surface area contributed by atoms with Crippen LogP contribution in [0.1, 0.15) is 48.8 Å². The minimum absolute atomic E-state index is 0.0141. The van der Waals surface area contributed by atoms with Gasteiger partial charge in [-0.25, -0.2) is 36.2 Å². The van der Waals surface area contributed by atoms with Gasteiger partial charge >= 0.3 is 0 Å². The Morgan fingerprint density at radius 3 is 2.23 bits per heavy atom. The van der Waals surface area contributed by atoms with E-state index in [4.69, 9.17) is 4.74 Å². The van der Waals surface area contributed by atoms with Crippen molar-refractivity contribution in [1.29, 1.82) is 0 Å². The van der Waals surface area contributed by atoms with Crippen LogP contribution in [0.4, 0.5) is 20.9 Å². The van der Waals surface area contributed by atoms with Gasteiger partial charge in [0.15, 0.2) is 15.0 Å². The van der Waals surface area contributed by atoms with E-state index in [0.717, 1.165) is 58.5 Å². The first-order valence-corrected chi connectivity index (χ1v) is 28.2. The summed E-state index contributed by atoms with van der Waals surface area (Å²) in [7, 11) is -5.52. The number of fused-ring (bicyclic) bond motifs is 2. The third-order valence-electron chi connectivity index (χ3n) is 14.0. The lowest BCUT2D eigenvalue weighted by Gasteiger charge is -2.42.